The minimum Gasteiger partial charge on any atom is -0.339 e. The summed E-state index contributed by atoms with van der Waals surface area (Å²) in [5, 5.41) is 9.62. The summed E-state index contributed by atoms with van der Waals surface area (Å²) < 4.78 is 5.51. The number of nitrogens with zero attached hydrogens (tertiary/aromatic N) is 2. The van der Waals surface area contributed by atoms with Gasteiger partial charge in [-0.25, -0.2) is 0 Å². The van der Waals surface area contributed by atoms with Gasteiger partial charge < -0.3 is 9.84 Å². The first-order valence-electron chi connectivity index (χ1n) is 7.03. The maximum absolute atomic E-state index is 5.51. The van der Waals surface area contributed by atoms with Crippen LogP contribution < -0.4 is 5.32 Å². The van der Waals surface area contributed by atoms with Gasteiger partial charge in [0.2, 0.25) is 5.89 Å². The summed E-state index contributed by atoms with van der Waals surface area (Å²) in [5.74, 6) is 1.62. The first-order chi connectivity index (χ1) is 10.4. The van der Waals surface area contributed by atoms with Crippen molar-refractivity contribution in [1.29, 1.82) is 0 Å². The van der Waals surface area contributed by atoms with Crippen LogP contribution in [0.4, 0.5) is 0 Å². The Morgan fingerprint density at radius 1 is 1.24 bits per heavy atom. The van der Waals surface area contributed by atoms with E-state index in [0.29, 0.717) is 5.89 Å². The van der Waals surface area contributed by atoms with Crippen LogP contribution in [0.5, 0.6) is 0 Å². The van der Waals surface area contributed by atoms with Gasteiger partial charge in [0, 0.05) is 24.4 Å². The molecule has 0 saturated carbocycles. The molecule has 106 valence electrons. The number of hydrogen-bond donors (Lipinski definition) is 1. The molecule has 0 aliphatic carbocycles. The maximum atomic E-state index is 5.51. The fraction of sp³-hybridized carbons (Fsp3) is 0.250. The first-order valence-corrected chi connectivity index (χ1v) is 7.91. The topological polar surface area (TPSA) is 51.0 Å². The van der Waals surface area contributed by atoms with E-state index in [1.165, 1.54) is 16.0 Å². The Bertz CT molecular complexity index is 736. The zero-order valence-corrected chi connectivity index (χ0v) is 12.3. The van der Waals surface area contributed by atoms with Gasteiger partial charge >= 0.3 is 0 Å². The fourth-order valence-corrected chi connectivity index (χ4v) is 3.47. The third-order valence-electron chi connectivity index (χ3n) is 3.79. The summed E-state index contributed by atoms with van der Waals surface area (Å²) in [6.07, 6.45) is 0.739. The molecule has 4 nitrogen and oxygen atoms in total. The summed E-state index contributed by atoms with van der Waals surface area (Å²) in [6, 6.07) is 12.6. The Labute approximate surface area is 126 Å². The smallest absolute Gasteiger partial charge is 0.235 e. The van der Waals surface area contributed by atoms with Gasteiger partial charge in [0.15, 0.2) is 5.82 Å². The molecule has 4 rings (SSSR count). The van der Waals surface area contributed by atoms with Crippen molar-refractivity contribution >= 4 is 11.3 Å². The molecular formula is C16H15N3OS. The van der Waals surface area contributed by atoms with Crippen molar-refractivity contribution in [2.24, 2.45) is 0 Å². The van der Waals surface area contributed by atoms with Gasteiger partial charge in [-0.1, -0.05) is 35.5 Å². The number of benzene rings is 1. The fourth-order valence-electron chi connectivity index (χ4n) is 2.77. The molecule has 0 saturated heterocycles. The number of aromatic nitrogens is 2. The van der Waals surface area contributed by atoms with Gasteiger partial charge in [-0.05, 0) is 22.6 Å². The Morgan fingerprint density at radius 2 is 2.19 bits per heavy atom. The van der Waals surface area contributed by atoms with Crippen LogP contribution in [0.1, 0.15) is 33.6 Å². The number of thiophene rings is 1. The molecule has 0 amide bonds. The predicted molar refractivity (Wildman–Crippen MR) is 81.4 cm³/mol. The second kappa shape index (κ2) is 5.42. The average Bonchev–Trinajstić information content (AvgIpc) is 3.19. The minimum absolute atomic E-state index is 0.152. The quantitative estimate of drug-likeness (QED) is 0.807. The molecule has 1 aliphatic heterocycles. The molecule has 3 aromatic rings. The monoisotopic (exact) mass is 297 g/mol. The lowest BCUT2D eigenvalue weighted by Crippen LogP contribution is -2.28. The number of fused-ring (bicyclic) bond motifs is 1. The normalized spacial score (nSPS) is 17.6. The summed E-state index contributed by atoms with van der Waals surface area (Å²) in [7, 11) is 0. The van der Waals surface area contributed by atoms with E-state index in [-0.39, 0.29) is 5.92 Å². The van der Waals surface area contributed by atoms with Crippen molar-refractivity contribution in [2.75, 3.05) is 6.54 Å². The van der Waals surface area contributed by atoms with Crippen molar-refractivity contribution in [3.8, 4) is 0 Å². The van der Waals surface area contributed by atoms with E-state index in [4.69, 9.17) is 4.52 Å². The average molecular weight is 297 g/mol. The van der Waals surface area contributed by atoms with E-state index in [0.717, 1.165) is 25.3 Å². The SMILES string of the molecule is c1csc(Cc2noc(C3CNCc4ccccc43)n2)c1. The Balaban J connectivity index is 1.62. The van der Waals surface area contributed by atoms with Crippen LogP contribution in [0.15, 0.2) is 46.3 Å². The van der Waals surface area contributed by atoms with E-state index in [9.17, 15) is 0 Å². The van der Waals surface area contributed by atoms with Crippen LogP contribution in [0.25, 0.3) is 0 Å². The Kier molecular flexibility index (Phi) is 3.29. The molecule has 21 heavy (non-hydrogen) atoms. The van der Waals surface area contributed by atoms with Crippen LogP contribution in [0.3, 0.4) is 0 Å². The molecule has 1 atom stereocenters. The van der Waals surface area contributed by atoms with Crippen molar-refractivity contribution in [3.05, 3.63) is 69.5 Å². The molecule has 5 heteroatoms. The van der Waals surface area contributed by atoms with Gasteiger partial charge in [-0.2, -0.15) is 4.98 Å². The van der Waals surface area contributed by atoms with Gasteiger partial charge in [-0.15, -0.1) is 11.3 Å². The third kappa shape index (κ3) is 2.50. The molecule has 1 aliphatic rings. The summed E-state index contributed by atoms with van der Waals surface area (Å²) in [5.41, 5.74) is 2.61. The molecule has 0 fully saturated rings. The van der Waals surface area contributed by atoms with Crippen LogP contribution in [-0.4, -0.2) is 16.7 Å². The van der Waals surface area contributed by atoms with Gasteiger partial charge in [-0.3, -0.25) is 0 Å². The lowest BCUT2D eigenvalue weighted by Gasteiger charge is -2.23. The van der Waals surface area contributed by atoms with Gasteiger partial charge in [0.25, 0.3) is 0 Å². The summed E-state index contributed by atoms with van der Waals surface area (Å²) in [4.78, 5) is 5.85. The first kappa shape index (κ1) is 12.7. The Morgan fingerprint density at radius 3 is 3.10 bits per heavy atom. The maximum Gasteiger partial charge on any atom is 0.235 e. The van der Waals surface area contributed by atoms with E-state index >= 15 is 0 Å². The largest absolute Gasteiger partial charge is 0.339 e. The molecule has 2 aromatic heterocycles. The minimum atomic E-state index is 0.152. The highest BCUT2D eigenvalue weighted by Crippen LogP contribution is 2.29. The molecule has 1 N–H and O–H groups in total. The molecule has 1 aromatic carbocycles. The number of rotatable bonds is 3. The van der Waals surface area contributed by atoms with Crippen LogP contribution >= 0.6 is 11.3 Å². The molecule has 3 heterocycles. The van der Waals surface area contributed by atoms with Gasteiger partial charge in [0.05, 0.1) is 5.92 Å². The van der Waals surface area contributed by atoms with Crippen molar-refractivity contribution in [1.82, 2.24) is 15.5 Å². The van der Waals surface area contributed by atoms with E-state index in [1.807, 2.05) is 6.07 Å². The van der Waals surface area contributed by atoms with E-state index in [2.05, 4.69) is 51.2 Å². The van der Waals surface area contributed by atoms with Crippen LogP contribution in [0, 0.1) is 0 Å². The molecule has 0 bridgehead atoms. The lowest BCUT2D eigenvalue weighted by molar-refractivity contribution is 0.352. The van der Waals surface area contributed by atoms with E-state index in [1.54, 1.807) is 11.3 Å². The van der Waals surface area contributed by atoms with Crippen molar-refractivity contribution in [3.63, 3.8) is 0 Å². The number of hydrogen-bond acceptors (Lipinski definition) is 5. The van der Waals surface area contributed by atoms with Gasteiger partial charge in [0.1, 0.15) is 0 Å². The predicted octanol–water partition coefficient (Wildman–Crippen LogP) is 2.96. The Hall–Kier alpha value is -1.98. The summed E-state index contributed by atoms with van der Waals surface area (Å²) in [6.45, 7) is 1.75. The molecular weight excluding hydrogens is 282 g/mol. The molecule has 1 unspecified atom stereocenters. The zero-order valence-electron chi connectivity index (χ0n) is 11.5. The highest BCUT2D eigenvalue weighted by Gasteiger charge is 2.26. The lowest BCUT2D eigenvalue weighted by atomic mass is 9.91. The standard InChI is InChI=1S/C16H15N3OS/c1-2-6-13-11(4-1)9-17-10-14(13)16-18-15(19-20-16)8-12-5-3-7-21-12/h1-7,14,17H,8-10H2. The van der Waals surface area contributed by atoms with Crippen LogP contribution in [-0.2, 0) is 13.0 Å². The van der Waals surface area contributed by atoms with E-state index < -0.39 is 0 Å². The highest BCUT2D eigenvalue weighted by molar-refractivity contribution is 7.09. The van der Waals surface area contributed by atoms with Crippen molar-refractivity contribution < 1.29 is 4.52 Å². The molecule has 0 spiro atoms. The van der Waals surface area contributed by atoms with Crippen LogP contribution in [0.2, 0.25) is 0 Å². The zero-order chi connectivity index (χ0) is 14.1. The van der Waals surface area contributed by atoms with Crippen molar-refractivity contribution in [2.45, 2.75) is 18.9 Å². The second-order valence-electron chi connectivity index (χ2n) is 5.19. The molecule has 0 radical (unpaired) electrons. The number of nitrogens with one attached hydrogen (secondary N) is 1. The highest BCUT2D eigenvalue weighted by atomic mass is 32.1. The third-order valence-corrected chi connectivity index (χ3v) is 4.67. The second-order valence-corrected chi connectivity index (χ2v) is 6.22. The summed E-state index contributed by atoms with van der Waals surface area (Å²) >= 11 is 1.72.